The summed E-state index contributed by atoms with van der Waals surface area (Å²) in [5.74, 6) is 2.02. The van der Waals surface area contributed by atoms with Crippen molar-refractivity contribution in [3.63, 3.8) is 0 Å². The van der Waals surface area contributed by atoms with Crippen molar-refractivity contribution in [1.82, 2.24) is 14.5 Å². The molecule has 0 fully saturated rings. The molecular formula is C31H45N5O9P4S2. The van der Waals surface area contributed by atoms with E-state index in [-0.39, 0.29) is 12.6 Å². The van der Waals surface area contributed by atoms with Gasteiger partial charge >= 0.3 is 15.2 Å². The van der Waals surface area contributed by atoms with Crippen LogP contribution in [-0.4, -0.2) is 95.6 Å². The van der Waals surface area contributed by atoms with Crippen LogP contribution in [0.2, 0.25) is 0 Å². The van der Waals surface area contributed by atoms with Gasteiger partial charge in [0.05, 0.1) is 19.5 Å². The van der Waals surface area contributed by atoms with Crippen molar-refractivity contribution < 1.29 is 41.0 Å². The van der Waals surface area contributed by atoms with E-state index >= 15 is 0 Å². The summed E-state index contributed by atoms with van der Waals surface area (Å²) >= 11 is 11.2. The van der Waals surface area contributed by atoms with E-state index in [4.69, 9.17) is 55.5 Å². The van der Waals surface area contributed by atoms with Gasteiger partial charge in [-0.05, 0) is 107 Å². The number of hydrazone groups is 2. The Balaban J connectivity index is 1.50. The summed E-state index contributed by atoms with van der Waals surface area (Å²) in [5.41, 5.74) is 2.74. The largest absolute Gasteiger partial charge is 0.497 e. The molecule has 3 aromatic rings. The van der Waals surface area contributed by atoms with Gasteiger partial charge in [-0.15, -0.1) is 0 Å². The van der Waals surface area contributed by atoms with Crippen LogP contribution in [0.3, 0.4) is 0 Å². The lowest BCUT2D eigenvalue weighted by Crippen LogP contribution is -2.29. The molecule has 2 atom stereocenters. The Bertz CT molecular complexity index is 1690. The molecule has 0 aliphatic rings. The van der Waals surface area contributed by atoms with E-state index in [0.29, 0.717) is 24.5 Å². The zero-order valence-electron chi connectivity index (χ0n) is 29.5. The number of nitrogens with zero attached hydrogens (tertiary/aromatic N) is 5. The lowest BCUT2D eigenvalue weighted by molar-refractivity contribution is 0.224. The zero-order valence-corrected chi connectivity index (χ0v) is 35.0. The molecule has 51 heavy (non-hydrogen) atoms. The summed E-state index contributed by atoms with van der Waals surface area (Å²) in [6.07, 6.45) is 3.80. The standard InChI is InChI=1S/C31H45N5O9P4S2/c1-34(32-22-27-10-14-29(39-3)15-11-27)47(51)45-31-18-12-28(13-19-31)23-33-35(2)46(50)44-30-16-8-26(9-17-30)20-21-36(24-48(37,40-4)41-5)25-49(38,42-6)43-7/h8-19,22-23,46-47H,20-21,24-25H2,1-7H3/b32-22+,33-23+. The van der Waals surface area contributed by atoms with E-state index < -0.39 is 29.3 Å². The van der Waals surface area contributed by atoms with Crippen LogP contribution >= 0.6 is 29.3 Å². The molecule has 0 saturated carbocycles. The predicted octanol–water partition coefficient (Wildman–Crippen LogP) is 7.13. The third-order valence-corrected chi connectivity index (χ3v) is 15.1. The molecule has 0 aliphatic carbocycles. The van der Waals surface area contributed by atoms with Crippen LogP contribution in [0, 0.1) is 0 Å². The van der Waals surface area contributed by atoms with Crippen LogP contribution in [0.1, 0.15) is 16.7 Å². The average Bonchev–Trinajstić information content (AvgIpc) is 3.16. The first-order valence-electron chi connectivity index (χ1n) is 15.3. The molecule has 0 heterocycles. The number of benzene rings is 3. The lowest BCUT2D eigenvalue weighted by Gasteiger charge is -2.27. The zero-order chi connectivity index (χ0) is 37.4. The lowest BCUT2D eigenvalue weighted by atomic mass is 10.1. The van der Waals surface area contributed by atoms with Crippen molar-refractivity contribution >= 4 is 65.4 Å². The molecule has 0 spiro atoms. The number of hydrogen-bond acceptors (Lipinski definition) is 14. The Morgan fingerprint density at radius 1 is 0.627 bits per heavy atom. The normalized spacial score (nSPS) is 13.4. The summed E-state index contributed by atoms with van der Waals surface area (Å²) in [6, 6.07) is 22.4. The Morgan fingerprint density at radius 2 is 1.00 bits per heavy atom. The average molecular weight is 820 g/mol. The summed E-state index contributed by atoms with van der Waals surface area (Å²) < 4.78 is 66.3. The van der Waals surface area contributed by atoms with Crippen molar-refractivity contribution in [1.29, 1.82) is 0 Å². The highest BCUT2D eigenvalue weighted by molar-refractivity contribution is 8.02. The van der Waals surface area contributed by atoms with Crippen LogP contribution in [0.4, 0.5) is 0 Å². The molecule has 0 saturated heterocycles. The van der Waals surface area contributed by atoms with Gasteiger partial charge in [0.1, 0.15) is 29.8 Å². The number of ether oxygens (including phenoxy) is 1. The fourth-order valence-electron chi connectivity index (χ4n) is 4.11. The second-order valence-electron chi connectivity index (χ2n) is 10.6. The summed E-state index contributed by atoms with van der Waals surface area (Å²) in [6.45, 7) is 0.389. The Hall–Kier alpha value is -2.44. The number of methoxy groups -OCH3 is 1. The van der Waals surface area contributed by atoms with Crippen molar-refractivity contribution in [2.24, 2.45) is 10.2 Å². The van der Waals surface area contributed by atoms with Gasteiger partial charge in [0.25, 0.3) is 0 Å². The molecule has 2 unspecified atom stereocenters. The molecule has 3 aromatic carbocycles. The summed E-state index contributed by atoms with van der Waals surface area (Å²) in [7, 11) is -0.153. The Morgan fingerprint density at radius 3 is 1.37 bits per heavy atom. The van der Waals surface area contributed by atoms with Gasteiger partial charge in [-0.2, -0.15) is 10.2 Å². The van der Waals surface area contributed by atoms with Crippen molar-refractivity contribution in [2.45, 2.75) is 6.42 Å². The monoisotopic (exact) mass is 819 g/mol. The molecule has 280 valence electrons. The maximum atomic E-state index is 12.8. The first kappa shape index (κ1) is 43.0. The molecular weight excluding hydrogens is 774 g/mol. The van der Waals surface area contributed by atoms with Crippen LogP contribution in [-0.2, 0) is 57.3 Å². The van der Waals surface area contributed by atoms with Gasteiger partial charge in [-0.3, -0.25) is 14.0 Å². The Labute approximate surface area is 311 Å². The van der Waals surface area contributed by atoms with Gasteiger partial charge in [-0.25, -0.2) is 9.56 Å². The van der Waals surface area contributed by atoms with Gasteiger partial charge in [0.15, 0.2) is 0 Å². The number of hydrogen-bond donors (Lipinski definition) is 0. The molecule has 0 radical (unpaired) electrons. The molecule has 0 amide bonds. The Kier molecular flexibility index (Phi) is 18.0. The third-order valence-electron chi connectivity index (χ3n) is 7.19. The molecule has 3 rings (SSSR count). The second kappa shape index (κ2) is 21.3. The minimum atomic E-state index is -3.42. The summed E-state index contributed by atoms with van der Waals surface area (Å²) in [5, 5.41) is 8.88. The topological polar surface area (TPSA) is 133 Å². The quantitative estimate of drug-likeness (QED) is 0.0578. The van der Waals surface area contributed by atoms with Crippen molar-refractivity contribution in [3.8, 4) is 17.2 Å². The highest BCUT2D eigenvalue weighted by Gasteiger charge is 2.31. The molecule has 0 aromatic heterocycles. The van der Waals surface area contributed by atoms with E-state index in [9.17, 15) is 9.13 Å². The number of rotatable bonds is 22. The third kappa shape index (κ3) is 14.5. The van der Waals surface area contributed by atoms with Gasteiger partial charge < -0.3 is 31.9 Å². The van der Waals surface area contributed by atoms with Crippen LogP contribution in [0.5, 0.6) is 17.2 Å². The fourth-order valence-corrected chi connectivity index (χ4v) is 8.60. The van der Waals surface area contributed by atoms with Crippen LogP contribution in [0.25, 0.3) is 0 Å². The van der Waals surface area contributed by atoms with Crippen LogP contribution < -0.4 is 13.8 Å². The van der Waals surface area contributed by atoms with Crippen LogP contribution in [0.15, 0.2) is 83.0 Å². The highest BCUT2D eigenvalue weighted by atomic mass is 32.4. The van der Waals surface area contributed by atoms with E-state index in [0.717, 1.165) is 22.4 Å². The second-order valence-corrected chi connectivity index (χ2v) is 20.0. The van der Waals surface area contributed by atoms with Gasteiger partial charge in [-0.1, -0.05) is 12.1 Å². The van der Waals surface area contributed by atoms with E-state index in [2.05, 4.69) is 10.2 Å². The van der Waals surface area contributed by atoms with Gasteiger partial charge in [0, 0.05) is 49.1 Å². The molecule has 14 nitrogen and oxygen atoms in total. The SMILES string of the molecule is COc1ccc(/C=N/N(C)[PH](=S)Oc2ccc(/C=N/N(C)[PH](=S)Oc3ccc(CCN(CP(=O)(OC)OC)CP(=O)(OC)OC)cc3)cc2)cc1. The smallest absolute Gasteiger partial charge is 0.344 e. The molecule has 20 heteroatoms. The molecule has 0 N–H and O–H groups in total. The van der Waals surface area contributed by atoms with E-state index in [1.54, 1.807) is 48.1 Å². The van der Waals surface area contributed by atoms with Crippen molar-refractivity contribution in [3.05, 3.63) is 89.5 Å². The maximum absolute atomic E-state index is 12.8. The maximum Gasteiger partial charge on any atom is 0.344 e. The predicted molar refractivity (Wildman–Crippen MR) is 213 cm³/mol. The minimum absolute atomic E-state index is 0.0830. The highest BCUT2D eigenvalue weighted by Crippen LogP contribution is 2.51. The van der Waals surface area contributed by atoms with Crippen molar-refractivity contribution in [2.75, 3.05) is 68.8 Å². The first-order chi connectivity index (χ1) is 24.3. The minimum Gasteiger partial charge on any atom is -0.497 e. The molecule has 0 aliphatic heterocycles. The fraction of sp³-hybridized carbons (Fsp3) is 0.355. The van der Waals surface area contributed by atoms with E-state index in [1.807, 2.05) is 72.8 Å². The molecule has 0 bridgehead atoms. The first-order valence-corrected chi connectivity index (χ1v) is 23.7. The summed E-state index contributed by atoms with van der Waals surface area (Å²) in [4.78, 5) is 1.68. The van der Waals surface area contributed by atoms with E-state index in [1.165, 1.54) is 28.4 Å². The van der Waals surface area contributed by atoms with Gasteiger partial charge in [0.2, 0.25) is 14.1 Å².